The van der Waals surface area contributed by atoms with Crippen LogP contribution in [0.3, 0.4) is 0 Å². The predicted octanol–water partition coefficient (Wildman–Crippen LogP) is 35.1. The lowest BCUT2D eigenvalue weighted by molar-refractivity contribution is 1.19. The molecule has 27 rings (SSSR count). The molecule has 9 aromatic heterocycles. The first kappa shape index (κ1) is 71.8. The molecule has 9 heterocycles. The van der Waals surface area contributed by atoms with Gasteiger partial charge in [0.15, 0.2) is 0 Å². The summed E-state index contributed by atoms with van der Waals surface area (Å²) in [6.45, 7) is 0. The van der Waals surface area contributed by atoms with Crippen LogP contribution >= 0.6 is 68.0 Å². The van der Waals surface area contributed by atoms with Crippen LogP contribution in [0.4, 0.5) is 0 Å². The van der Waals surface area contributed by atoms with Crippen LogP contribution in [0.2, 0.25) is 0 Å². The Morgan fingerprint density at radius 2 is 0.439 bits per heavy atom. The summed E-state index contributed by atoms with van der Waals surface area (Å²) in [7, 11) is 0. The molecule has 0 bridgehead atoms. The maximum atomic E-state index is 2.45. The van der Waals surface area contributed by atoms with Gasteiger partial charge in [0.1, 0.15) is 0 Å². The fourth-order valence-corrected chi connectivity index (χ4v) is 26.2. The van der Waals surface area contributed by atoms with E-state index in [1.54, 1.807) is 0 Å². The first-order chi connectivity index (χ1) is 61.0. The standard InChI is InChI=1S/3C38H23NS2/c1-2-13-26(14-3-1)39-32-20-6-4-16-31(32)38-36(39)35-27(17-10-22-34(35)41-38)24-11-8-12-25(23-24)28-18-9-19-30-29-15-5-7-21-33(29)40-37(28)30;1-2-12-27(13-3-1)39-32-17-6-4-14-29(32)38-37(39)31-23-25(20-21-34(31)41-38)24-10-8-11-26(22-24)28-16-9-19-35-36(28)30-15-5-7-18-33(30)40-35;1-2-11-28(12-3-1)39-33-15-6-4-14-30(33)38-37(39)32-23-27(18-20-36(32)41-38)25-10-8-9-24(21-25)26-17-19-35-31(22-26)29-13-5-7-16-34(29)40-35/h3*1-23H. The predicted molar refractivity (Wildman–Crippen MR) is 540 cm³/mol. The Morgan fingerprint density at radius 3 is 0.959 bits per heavy atom. The van der Waals surface area contributed by atoms with Gasteiger partial charge < -0.3 is 13.7 Å². The van der Waals surface area contributed by atoms with Crippen molar-refractivity contribution in [3.63, 3.8) is 0 Å². The summed E-state index contributed by atoms with van der Waals surface area (Å²) in [4.78, 5) is 0. The van der Waals surface area contributed by atoms with Gasteiger partial charge in [0.25, 0.3) is 0 Å². The second-order valence-corrected chi connectivity index (χ2v) is 38.0. The number of aromatic nitrogens is 3. The second-order valence-electron chi connectivity index (χ2n) is 31.6. The fourth-order valence-electron chi connectivity index (χ4n) is 19.1. The highest BCUT2D eigenvalue weighted by Crippen LogP contribution is 2.51. The lowest BCUT2D eigenvalue weighted by Gasteiger charge is -2.11. The van der Waals surface area contributed by atoms with Gasteiger partial charge in [0, 0.05) is 124 Å². The zero-order valence-corrected chi connectivity index (χ0v) is 71.0. The Labute approximate surface area is 731 Å². The van der Waals surface area contributed by atoms with Gasteiger partial charge in [-0.25, -0.2) is 0 Å². The monoisotopic (exact) mass is 1670 g/mol. The maximum absolute atomic E-state index is 2.45. The SMILES string of the molecule is c1ccc(-n2c3ccccc3c3sc4ccc(-c5cccc(-c6ccc7sc8ccccc8c7c6)c5)cc4c32)cc1.c1ccc(-n2c3ccccc3c3sc4ccc(-c5cccc(-c6cccc7sc8ccccc8c67)c5)cc4c32)cc1.c1ccc(-n2c3ccccc3c3sc4cccc(-c5cccc(-c6cccc7c6sc6ccccc67)c5)c4c32)cc1. The topological polar surface area (TPSA) is 14.8 Å². The minimum absolute atomic E-state index is 1.19. The van der Waals surface area contributed by atoms with Gasteiger partial charge in [-0.3, -0.25) is 0 Å². The molecule has 3 nitrogen and oxygen atoms in total. The van der Waals surface area contributed by atoms with E-state index in [1.165, 1.54) is 238 Å². The van der Waals surface area contributed by atoms with E-state index in [9.17, 15) is 0 Å². The van der Waals surface area contributed by atoms with Gasteiger partial charge in [0.2, 0.25) is 0 Å². The molecule has 0 aliphatic carbocycles. The summed E-state index contributed by atoms with van der Waals surface area (Å²) in [6.07, 6.45) is 0. The van der Waals surface area contributed by atoms with Crippen molar-refractivity contribution in [3.05, 3.63) is 419 Å². The lowest BCUT2D eigenvalue weighted by atomic mass is 9.95. The third-order valence-corrected chi connectivity index (χ3v) is 31.7. The molecule has 0 aliphatic rings. The zero-order valence-electron chi connectivity index (χ0n) is 66.1. The zero-order chi connectivity index (χ0) is 80.7. The molecule has 18 aromatic carbocycles. The van der Waals surface area contributed by atoms with Gasteiger partial charge in [-0.2, -0.15) is 0 Å². The van der Waals surface area contributed by atoms with Crippen molar-refractivity contribution in [1.82, 2.24) is 13.7 Å². The number of para-hydroxylation sites is 6. The average molecular weight is 1670 g/mol. The fraction of sp³-hybridized carbons (Fsp3) is 0. The Hall–Kier alpha value is -14.1. The molecule has 0 spiro atoms. The normalized spacial score (nSPS) is 11.9. The van der Waals surface area contributed by atoms with E-state index < -0.39 is 0 Å². The van der Waals surface area contributed by atoms with Crippen molar-refractivity contribution in [2.24, 2.45) is 0 Å². The summed E-state index contributed by atoms with van der Waals surface area (Å²) in [5.74, 6) is 0. The summed E-state index contributed by atoms with van der Waals surface area (Å²) in [5.41, 5.74) is 26.3. The molecule has 0 amide bonds. The van der Waals surface area contributed by atoms with Crippen LogP contribution < -0.4 is 0 Å². The minimum atomic E-state index is 1.19. The van der Waals surface area contributed by atoms with Crippen LogP contribution in [0, 0.1) is 0 Å². The first-order valence-electron chi connectivity index (χ1n) is 41.6. The van der Waals surface area contributed by atoms with E-state index in [0.717, 1.165) is 0 Å². The van der Waals surface area contributed by atoms with Gasteiger partial charge in [0.05, 0.1) is 47.2 Å². The number of benzene rings is 18. The van der Waals surface area contributed by atoms with Crippen LogP contribution in [-0.4, -0.2) is 13.7 Å². The molecule has 0 unspecified atom stereocenters. The molecule has 123 heavy (non-hydrogen) atoms. The number of fused-ring (bicyclic) bond motifs is 24. The van der Waals surface area contributed by atoms with Crippen molar-refractivity contribution in [1.29, 1.82) is 0 Å². The Morgan fingerprint density at radius 1 is 0.146 bits per heavy atom. The second kappa shape index (κ2) is 29.4. The maximum Gasteiger partial charge on any atom is 0.0734 e. The van der Waals surface area contributed by atoms with E-state index in [1.807, 2.05) is 68.0 Å². The molecular weight excluding hydrogens is 1600 g/mol. The molecule has 0 atom stereocenters. The molecule has 0 fully saturated rings. The number of rotatable bonds is 9. The molecular formula is C114H69N3S6. The highest BCUT2D eigenvalue weighted by atomic mass is 32.1. The smallest absolute Gasteiger partial charge is 0.0734 e. The van der Waals surface area contributed by atoms with Crippen LogP contribution in [0.15, 0.2) is 419 Å². The lowest BCUT2D eigenvalue weighted by Crippen LogP contribution is -1.93. The quantitative estimate of drug-likeness (QED) is 0.137. The average Bonchev–Trinajstić information content (AvgIpc) is 1.56. The molecule has 0 N–H and O–H groups in total. The summed E-state index contributed by atoms with van der Waals surface area (Å²) in [6, 6.07) is 153. The summed E-state index contributed by atoms with van der Waals surface area (Å²) >= 11 is 11.3. The molecule has 0 aliphatic heterocycles. The number of hydrogen-bond acceptors (Lipinski definition) is 6. The third-order valence-electron chi connectivity index (χ3n) is 24.6. The molecule has 9 heteroatoms. The van der Waals surface area contributed by atoms with Crippen LogP contribution in [-0.2, 0) is 0 Å². The Kier molecular flexibility index (Phi) is 17.1. The third kappa shape index (κ3) is 11.9. The summed E-state index contributed by atoms with van der Waals surface area (Å²) < 4.78 is 23.4. The molecule has 576 valence electrons. The Balaban J connectivity index is 0.000000101. The van der Waals surface area contributed by atoms with Crippen LogP contribution in [0.25, 0.3) is 238 Å². The van der Waals surface area contributed by atoms with Crippen LogP contribution in [0.1, 0.15) is 0 Å². The highest BCUT2D eigenvalue weighted by molar-refractivity contribution is 7.28. The molecule has 0 radical (unpaired) electrons. The van der Waals surface area contributed by atoms with Gasteiger partial charge in [-0.15, -0.1) is 68.0 Å². The number of nitrogens with zero attached hydrogens (tertiary/aromatic N) is 3. The molecule has 27 aromatic rings. The summed E-state index contributed by atoms with van der Waals surface area (Å²) in [5, 5.41) is 15.9. The largest absolute Gasteiger partial charge is 0.308 e. The molecule has 0 saturated heterocycles. The van der Waals surface area contributed by atoms with Crippen molar-refractivity contribution in [2.75, 3.05) is 0 Å². The minimum Gasteiger partial charge on any atom is -0.308 e. The van der Waals surface area contributed by atoms with Crippen molar-refractivity contribution >= 4 is 222 Å². The highest BCUT2D eigenvalue weighted by Gasteiger charge is 2.25. The van der Waals surface area contributed by atoms with Gasteiger partial charge >= 0.3 is 0 Å². The van der Waals surface area contributed by atoms with E-state index in [2.05, 4.69) is 432 Å². The van der Waals surface area contributed by atoms with Crippen molar-refractivity contribution < 1.29 is 0 Å². The van der Waals surface area contributed by atoms with Gasteiger partial charge in [-0.1, -0.05) is 279 Å². The number of hydrogen-bond donors (Lipinski definition) is 0. The van der Waals surface area contributed by atoms with E-state index in [-0.39, 0.29) is 0 Å². The van der Waals surface area contributed by atoms with Crippen molar-refractivity contribution in [2.45, 2.75) is 0 Å². The van der Waals surface area contributed by atoms with Crippen LogP contribution in [0.5, 0.6) is 0 Å². The number of thiophene rings is 6. The van der Waals surface area contributed by atoms with Gasteiger partial charge in [-0.05, 0) is 206 Å². The van der Waals surface area contributed by atoms with E-state index in [4.69, 9.17) is 0 Å². The first-order valence-corrected chi connectivity index (χ1v) is 46.5. The van der Waals surface area contributed by atoms with E-state index >= 15 is 0 Å². The molecule has 0 saturated carbocycles. The van der Waals surface area contributed by atoms with E-state index in [0.29, 0.717) is 0 Å². The Bertz CT molecular complexity index is 8900. The van der Waals surface area contributed by atoms with Crippen molar-refractivity contribution in [3.8, 4) is 83.8 Å².